The largest absolute Gasteiger partial charge is 0.378 e. The van der Waals surface area contributed by atoms with Crippen molar-refractivity contribution in [2.24, 2.45) is 4.99 Å². The number of amides is 1. The zero-order valence-electron chi connectivity index (χ0n) is 19.4. The molecule has 0 saturated carbocycles. The van der Waals surface area contributed by atoms with Crippen molar-refractivity contribution in [1.82, 2.24) is 9.47 Å². The molecule has 1 aromatic heterocycles. The molecule has 0 bridgehead atoms. The Morgan fingerprint density at radius 3 is 2.36 bits per heavy atom. The highest BCUT2D eigenvalue weighted by molar-refractivity contribution is 7.99. The van der Waals surface area contributed by atoms with E-state index < -0.39 is 4.92 Å². The lowest BCUT2D eigenvalue weighted by Crippen LogP contribution is -2.42. The molecule has 0 spiro atoms. The minimum atomic E-state index is -0.402. The average molecular weight is 501 g/mol. The summed E-state index contributed by atoms with van der Waals surface area (Å²) >= 11 is 1.53. The van der Waals surface area contributed by atoms with E-state index in [9.17, 15) is 14.9 Å². The van der Waals surface area contributed by atoms with Crippen LogP contribution in [0, 0.1) is 10.1 Å². The number of aliphatic imine (C=N–C) groups is 1. The topological polar surface area (TPSA) is 90.0 Å². The number of benzene rings is 3. The SMILES string of the molecule is O=C(Cn1cc(C=Nc2ccc(Sc3ccc([N+](=O)[O-])cc3)cc2)c2ccccc21)N1CCOCC1. The van der Waals surface area contributed by atoms with E-state index in [0.29, 0.717) is 26.3 Å². The summed E-state index contributed by atoms with van der Waals surface area (Å²) in [5, 5.41) is 11.9. The van der Waals surface area contributed by atoms with Gasteiger partial charge in [-0.25, -0.2) is 0 Å². The third kappa shape index (κ3) is 5.48. The molecule has 1 fully saturated rings. The van der Waals surface area contributed by atoms with E-state index in [4.69, 9.17) is 4.74 Å². The molecule has 182 valence electrons. The fourth-order valence-corrected chi connectivity index (χ4v) is 4.90. The van der Waals surface area contributed by atoms with Gasteiger partial charge in [-0.15, -0.1) is 0 Å². The van der Waals surface area contributed by atoms with Crippen LogP contribution in [-0.2, 0) is 16.1 Å². The number of nitro benzene ring substituents is 1. The highest BCUT2D eigenvalue weighted by Gasteiger charge is 2.18. The molecular weight excluding hydrogens is 476 g/mol. The number of morpholine rings is 1. The van der Waals surface area contributed by atoms with E-state index in [-0.39, 0.29) is 18.1 Å². The first kappa shape index (κ1) is 23.8. The lowest BCUT2D eigenvalue weighted by Gasteiger charge is -2.27. The van der Waals surface area contributed by atoms with Crippen LogP contribution < -0.4 is 0 Å². The zero-order valence-corrected chi connectivity index (χ0v) is 20.3. The fourth-order valence-electron chi connectivity index (χ4n) is 4.08. The summed E-state index contributed by atoms with van der Waals surface area (Å²) in [7, 11) is 0. The van der Waals surface area contributed by atoms with Crippen LogP contribution in [0.25, 0.3) is 10.9 Å². The molecule has 0 aliphatic carbocycles. The number of nitro groups is 1. The first-order chi connectivity index (χ1) is 17.6. The summed E-state index contributed by atoms with van der Waals surface area (Å²) in [4.78, 5) is 31.7. The Hall–Kier alpha value is -3.95. The molecule has 1 saturated heterocycles. The number of aromatic nitrogens is 1. The maximum Gasteiger partial charge on any atom is 0.269 e. The predicted molar refractivity (Wildman–Crippen MR) is 140 cm³/mol. The van der Waals surface area contributed by atoms with Gasteiger partial charge in [0.25, 0.3) is 5.69 Å². The number of fused-ring (bicyclic) bond motifs is 1. The predicted octanol–water partition coefficient (Wildman–Crippen LogP) is 5.31. The van der Waals surface area contributed by atoms with Crippen LogP contribution in [0.4, 0.5) is 11.4 Å². The molecule has 8 nitrogen and oxygen atoms in total. The van der Waals surface area contributed by atoms with Crippen molar-refractivity contribution in [2.45, 2.75) is 16.3 Å². The van der Waals surface area contributed by atoms with Crippen molar-refractivity contribution in [2.75, 3.05) is 26.3 Å². The number of carbonyl (C=O) groups excluding carboxylic acids is 1. The summed E-state index contributed by atoms with van der Waals surface area (Å²) in [5.74, 6) is 0.0867. The highest BCUT2D eigenvalue weighted by atomic mass is 32.2. The summed E-state index contributed by atoms with van der Waals surface area (Å²) < 4.78 is 7.34. The van der Waals surface area contributed by atoms with Gasteiger partial charge in [-0.2, -0.15) is 0 Å². The van der Waals surface area contributed by atoms with Crippen molar-refractivity contribution in [3.8, 4) is 0 Å². The van der Waals surface area contributed by atoms with Crippen LogP contribution in [-0.4, -0.2) is 52.8 Å². The highest BCUT2D eigenvalue weighted by Crippen LogP contribution is 2.30. The Kier molecular flexibility index (Phi) is 7.11. The van der Waals surface area contributed by atoms with E-state index in [1.807, 2.05) is 70.4 Å². The number of rotatable bonds is 7. The lowest BCUT2D eigenvalue weighted by atomic mass is 10.2. The molecule has 0 radical (unpaired) electrons. The summed E-state index contributed by atoms with van der Waals surface area (Å²) in [6, 6.07) is 22.3. The normalized spacial score (nSPS) is 13.9. The average Bonchev–Trinajstić information content (AvgIpc) is 3.26. The Morgan fingerprint density at radius 1 is 1.00 bits per heavy atom. The fraction of sp³-hybridized carbons (Fsp3) is 0.185. The van der Waals surface area contributed by atoms with Crippen molar-refractivity contribution < 1.29 is 14.5 Å². The van der Waals surface area contributed by atoms with Crippen LogP contribution in [0.1, 0.15) is 5.56 Å². The molecular formula is C27H24N4O4S. The van der Waals surface area contributed by atoms with Crippen LogP contribution >= 0.6 is 11.8 Å². The minimum absolute atomic E-state index is 0.0795. The Balaban J connectivity index is 1.29. The molecule has 2 heterocycles. The first-order valence-electron chi connectivity index (χ1n) is 11.6. The summed E-state index contributed by atoms with van der Waals surface area (Å²) in [5.41, 5.74) is 2.83. The number of ether oxygens (including phenoxy) is 1. The number of carbonyl (C=O) groups is 1. The third-order valence-corrected chi connectivity index (χ3v) is 6.98. The molecule has 3 aromatic carbocycles. The van der Waals surface area contributed by atoms with Gasteiger partial charge in [-0.1, -0.05) is 30.0 Å². The van der Waals surface area contributed by atoms with E-state index in [2.05, 4.69) is 4.99 Å². The Labute approximate surface area is 212 Å². The van der Waals surface area contributed by atoms with E-state index >= 15 is 0 Å². The number of non-ortho nitro benzene ring substituents is 1. The van der Waals surface area contributed by atoms with Gasteiger partial charge < -0.3 is 14.2 Å². The standard InChI is InChI=1S/C27H24N4O4S/c32-27(29-13-15-35-16-14-29)19-30-18-20(25-3-1-2-4-26(25)30)17-28-21-5-9-23(10-6-21)36-24-11-7-22(8-12-24)31(33)34/h1-12,17-18H,13-16,19H2. The van der Waals surface area contributed by atoms with Gasteiger partial charge in [0.1, 0.15) is 6.54 Å². The van der Waals surface area contributed by atoms with Crippen molar-refractivity contribution in [1.29, 1.82) is 0 Å². The second-order valence-electron chi connectivity index (χ2n) is 8.33. The van der Waals surface area contributed by atoms with Crippen LogP contribution in [0.5, 0.6) is 0 Å². The molecule has 0 unspecified atom stereocenters. The summed E-state index contributed by atoms with van der Waals surface area (Å²) in [6.45, 7) is 2.71. The molecule has 1 aliphatic heterocycles. The smallest absolute Gasteiger partial charge is 0.269 e. The van der Waals surface area contributed by atoms with Crippen molar-refractivity contribution in [3.05, 3.63) is 94.7 Å². The molecule has 1 aliphatic rings. The maximum atomic E-state index is 12.8. The molecule has 9 heteroatoms. The molecule has 5 rings (SSSR count). The summed E-state index contributed by atoms with van der Waals surface area (Å²) in [6.07, 6.45) is 3.81. The number of hydrogen-bond acceptors (Lipinski definition) is 6. The lowest BCUT2D eigenvalue weighted by molar-refractivity contribution is -0.384. The number of para-hydroxylation sites is 1. The van der Waals surface area contributed by atoms with Gasteiger partial charge in [0.15, 0.2) is 0 Å². The van der Waals surface area contributed by atoms with Crippen molar-refractivity contribution >= 4 is 46.2 Å². The van der Waals surface area contributed by atoms with E-state index in [1.54, 1.807) is 12.1 Å². The molecule has 4 aromatic rings. The van der Waals surface area contributed by atoms with E-state index in [0.717, 1.165) is 31.9 Å². The minimum Gasteiger partial charge on any atom is -0.378 e. The quantitative estimate of drug-likeness (QED) is 0.195. The van der Waals surface area contributed by atoms with E-state index in [1.165, 1.54) is 23.9 Å². The monoisotopic (exact) mass is 500 g/mol. The first-order valence-corrected chi connectivity index (χ1v) is 12.4. The van der Waals surface area contributed by atoms with Gasteiger partial charge >= 0.3 is 0 Å². The maximum absolute atomic E-state index is 12.8. The van der Waals surface area contributed by atoms with Crippen LogP contribution in [0.3, 0.4) is 0 Å². The van der Waals surface area contributed by atoms with Crippen LogP contribution in [0.15, 0.2) is 93.8 Å². The van der Waals surface area contributed by atoms with Gasteiger partial charge in [0.05, 0.1) is 23.8 Å². The Morgan fingerprint density at radius 2 is 1.67 bits per heavy atom. The molecule has 0 N–H and O–H groups in total. The Bertz CT molecular complexity index is 1410. The second-order valence-corrected chi connectivity index (χ2v) is 9.47. The van der Waals surface area contributed by atoms with Gasteiger partial charge in [0.2, 0.25) is 5.91 Å². The van der Waals surface area contributed by atoms with Crippen molar-refractivity contribution in [3.63, 3.8) is 0 Å². The second kappa shape index (κ2) is 10.8. The number of nitrogens with zero attached hydrogens (tertiary/aromatic N) is 4. The molecule has 1 amide bonds. The third-order valence-electron chi connectivity index (χ3n) is 5.96. The van der Waals surface area contributed by atoms with Gasteiger partial charge in [-0.05, 0) is 42.5 Å². The molecule has 36 heavy (non-hydrogen) atoms. The molecule has 0 atom stereocenters. The van der Waals surface area contributed by atoms with Gasteiger partial charge in [0, 0.05) is 63.9 Å². The number of hydrogen-bond donors (Lipinski definition) is 0. The van der Waals surface area contributed by atoms with Gasteiger partial charge in [-0.3, -0.25) is 19.9 Å². The zero-order chi connectivity index (χ0) is 24.9. The van der Waals surface area contributed by atoms with Crippen LogP contribution in [0.2, 0.25) is 0 Å².